The molecule has 5 nitrogen and oxygen atoms in total. The maximum absolute atomic E-state index is 12.4. The molecule has 102 valence electrons. The molecule has 1 aromatic heterocycles. The smallest absolute Gasteiger partial charge is 0.284 e. The largest absolute Gasteiger partial charge is 0.363 e. The van der Waals surface area contributed by atoms with Crippen LogP contribution in [-0.2, 0) is 0 Å². The van der Waals surface area contributed by atoms with Crippen molar-refractivity contribution in [1.29, 1.82) is 0 Å². The third-order valence-electron chi connectivity index (χ3n) is 2.28. The molecule has 1 N–H and O–H groups in total. The zero-order valence-electron chi connectivity index (χ0n) is 11.7. The first-order valence-electron chi connectivity index (χ1n) is 6.24. The molecule has 0 aliphatic carbocycles. The van der Waals surface area contributed by atoms with Gasteiger partial charge in [0.15, 0.2) is 0 Å². The van der Waals surface area contributed by atoms with Gasteiger partial charge in [-0.2, -0.15) is 0 Å². The number of hydrogen-bond acceptors (Lipinski definition) is 5. The average Bonchev–Trinajstić information content (AvgIpc) is 2.74. The van der Waals surface area contributed by atoms with Crippen molar-refractivity contribution >= 4 is 22.4 Å². The van der Waals surface area contributed by atoms with E-state index in [1.807, 2.05) is 4.90 Å². The monoisotopic (exact) mass is 270 g/mol. The van der Waals surface area contributed by atoms with Gasteiger partial charge in [0.2, 0.25) is 10.1 Å². The van der Waals surface area contributed by atoms with Crippen LogP contribution in [0.1, 0.15) is 37.5 Å². The number of anilines is 1. The molecule has 6 heteroatoms. The summed E-state index contributed by atoms with van der Waals surface area (Å²) in [6.07, 6.45) is 0. The van der Waals surface area contributed by atoms with Crippen LogP contribution in [0.4, 0.5) is 5.13 Å². The Bertz CT molecular complexity index is 379. The van der Waals surface area contributed by atoms with Crippen LogP contribution in [0, 0.1) is 11.8 Å². The van der Waals surface area contributed by atoms with Crippen LogP contribution in [0.5, 0.6) is 0 Å². The lowest BCUT2D eigenvalue weighted by Crippen LogP contribution is -2.37. The summed E-state index contributed by atoms with van der Waals surface area (Å²) in [6.45, 7) is 9.95. The van der Waals surface area contributed by atoms with E-state index < -0.39 is 0 Å². The molecule has 0 bridgehead atoms. The number of amides is 1. The summed E-state index contributed by atoms with van der Waals surface area (Å²) in [5, 5.41) is 11.9. The number of carbonyl (C=O) groups excluding carboxylic acids is 1. The van der Waals surface area contributed by atoms with Crippen molar-refractivity contribution in [3.8, 4) is 0 Å². The molecule has 1 rings (SSSR count). The first kappa shape index (κ1) is 14.9. The quantitative estimate of drug-likeness (QED) is 0.862. The molecule has 0 aromatic carbocycles. The van der Waals surface area contributed by atoms with E-state index in [2.05, 4.69) is 43.2 Å². The normalized spacial score (nSPS) is 11.1. The van der Waals surface area contributed by atoms with Crippen LogP contribution < -0.4 is 5.32 Å². The van der Waals surface area contributed by atoms with Crippen LogP contribution in [0.3, 0.4) is 0 Å². The summed E-state index contributed by atoms with van der Waals surface area (Å²) in [5.74, 6) is 0.880. The molecule has 0 aliphatic heterocycles. The fourth-order valence-corrected chi connectivity index (χ4v) is 2.33. The highest BCUT2D eigenvalue weighted by molar-refractivity contribution is 7.17. The third kappa shape index (κ3) is 4.25. The fraction of sp³-hybridized carbons (Fsp3) is 0.750. The SMILES string of the molecule is CNc1nnc(C(=O)N(CC(C)C)CC(C)C)s1. The number of nitrogens with one attached hydrogen (secondary N) is 1. The summed E-state index contributed by atoms with van der Waals surface area (Å²) < 4.78 is 0. The molecule has 0 unspecified atom stereocenters. The Hall–Kier alpha value is -1.17. The van der Waals surface area contributed by atoms with Gasteiger partial charge in [-0.3, -0.25) is 4.79 Å². The number of hydrogen-bond donors (Lipinski definition) is 1. The zero-order valence-corrected chi connectivity index (χ0v) is 12.5. The molecule has 0 spiro atoms. The molecular formula is C12H22N4OS. The van der Waals surface area contributed by atoms with E-state index in [9.17, 15) is 4.79 Å². The minimum atomic E-state index is -0.0172. The van der Waals surface area contributed by atoms with Gasteiger partial charge in [0.05, 0.1) is 0 Å². The predicted octanol–water partition coefficient (Wildman–Crippen LogP) is 2.33. The number of rotatable bonds is 6. The topological polar surface area (TPSA) is 58.1 Å². The van der Waals surface area contributed by atoms with Gasteiger partial charge in [-0.25, -0.2) is 0 Å². The van der Waals surface area contributed by atoms with Crippen LogP contribution in [0.2, 0.25) is 0 Å². The molecule has 0 radical (unpaired) electrons. The summed E-state index contributed by atoms with van der Waals surface area (Å²) in [6, 6.07) is 0. The van der Waals surface area contributed by atoms with E-state index in [1.165, 1.54) is 11.3 Å². The molecule has 1 heterocycles. The number of carbonyl (C=O) groups is 1. The number of aromatic nitrogens is 2. The molecule has 0 aliphatic rings. The van der Waals surface area contributed by atoms with Crippen molar-refractivity contribution in [2.45, 2.75) is 27.7 Å². The predicted molar refractivity (Wildman–Crippen MR) is 75.0 cm³/mol. The Morgan fingerprint density at radius 1 is 1.22 bits per heavy atom. The van der Waals surface area contributed by atoms with Crippen molar-refractivity contribution in [2.24, 2.45) is 11.8 Å². The second-order valence-electron chi connectivity index (χ2n) is 5.16. The van der Waals surface area contributed by atoms with E-state index in [-0.39, 0.29) is 5.91 Å². The van der Waals surface area contributed by atoms with Crippen molar-refractivity contribution in [3.05, 3.63) is 5.01 Å². The van der Waals surface area contributed by atoms with Crippen molar-refractivity contribution in [3.63, 3.8) is 0 Å². The molecule has 0 saturated carbocycles. The molecule has 1 aromatic rings. The van der Waals surface area contributed by atoms with Crippen LogP contribution >= 0.6 is 11.3 Å². The van der Waals surface area contributed by atoms with Crippen LogP contribution in [0.25, 0.3) is 0 Å². The maximum Gasteiger partial charge on any atom is 0.284 e. The molecule has 18 heavy (non-hydrogen) atoms. The molecule has 0 saturated heterocycles. The van der Waals surface area contributed by atoms with E-state index in [0.717, 1.165) is 13.1 Å². The molecule has 1 amide bonds. The van der Waals surface area contributed by atoms with Gasteiger partial charge < -0.3 is 10.2 Å². The zero-order chi connectivity index (χ0) is 13.7. The van der Waals surface area contributed by atoms with Crippen LogP contribution in [0.15, 0.2) is 0 Å². The summed E-state index contributed by atoms with van der Waals surface area (Å²) in [4.78, 5) is 14.2. The van der Waals surface area contributed by atoms with Crippen molar-refractivity contribution < 1.29 is 4.79 Å². The van der Waals surface area contributed by atoms with Gasteiger partial charge in [0.25, 0.3) is 5.91 Å². The van der Waals surface area contributed by atoms with Gasteiger partial charge in [0, 0.05) is 20.1 Å². The van der Waals surface area contributed by atoms with E-state index in [1.54, 1.807) is 7.05 Å². The minimum absolute atomic E-state index is 0.0172. The highest BCUT2D eigenvalue weighted by Gasteiger charge is 2.21. The van der Waals surface area contributed by atoms with E-state index in [4.69, 9.17) is 0 Å². The Kier molecular flexibility index (Phi) is 5.53. The standard InChI is InChI=1S/C12H22N4OS/c1-8(2)6-16(7-9(3)4)11(17)10-14-15-12(13-5)18-10/h8-9H,6-7H2,1-5H3,(H,13,15). The fourth-order valence-electron chi connectivity index (χ4n) is 1.67. The average molecular weight is 270 g/mol. The number of nitrogens with zero attached hydrogens (tertiary/aromatic N) is 3. The highest BCUT2D eigenvalue weighted by Crippen LogP contribution is 2.17. The molecule has 0 fully saturated rings. The maximum atomic E-state index is 12.4. The van der Waals surface area contributed by atoms with Gasteiger partial charge >= 0.3 is 0 Å². The van der Waals surface area contributed by atoms with E-state index >= 15 is 0 Å². The Morgan fingerprint density at radius 2 is 1.78 bits per heavy atom. The van der Waals surface area contributed by atoms with Gasteiger partial charge in [-0.15, -0.1) is 10.2 Å². The van der Waals surface area contributed by atoms with Gasteiger partial charge in [-0.05, 0) is 11.8 Å². The second-order valence-corrected chi connectivity index (χ2v) is 6.14. The minimum Gasteiger partial charge on any atom is -0.363 e. The van der Waals surface area contributed by atoms with Crippen LogP contribution in [-0.4, -0.2) is 41.1 Å². The molecular weight excluding hydrogens is 248 g/mol. The third-order valence-corrected chi connectivity index (χ3v) is 3.21. The first-order chi connectivity index (χ1) is 8.43. The van der Waals surface area contributed by atoms with Gasteiger partial charge in [-0.1, -0.05) is 39.0 Å². The summed E-state index contributed by atoms with van der Waals surface area (Å²) >= 11 is 1.30. The van der Waals surface area contributed by atoms with Crippen molar-refractivity contribution in [1.82, 2.24) is 15.1 Å². The van der Waals surface area contributed by atoms with E-state index in [0.29, 0.717) is 22.0 Å². The Labute approximate surface area is 113 Å². The summed E-state index contributed by atoms with van der Waals surface area (Å²) in [7, 11) is 1.77. The lowest BCUT2D eigenvalue weighted by atomic mass is 10.1. The molecule has 0 atom stereocenters. The Morgan fingerprint density at radius 3 is 2.17 bits per heavy atom. The highest BCUT2D eigenvalue weighted by atomic mass is 32.1. The Balaban J connectivity index is 2.80. The lowest BCUT2D eigenvalue weighted by molar-refractivity contribution is 0.0714. The first-order valence-corrected chi connectivity index (χ1v) is 7.06. The van der Waals surface area contributed by atoms with Crippen molar-refractivity contribution in [2.75, 3.05) is 25.5 Å². The van der Waals surface area contributed by atoms with Gasteiger partial charge in [0.1, 0.15) is 0 Å². The summed E-state index contributed by atoms with van der Waals surface area (Å²) in [5.41, 5.74) is 0. The lowest BCUT2D eigenvalue weighted by Gasteiger charge is -2.25. The second kappa shape index (κ2) is 6.68.